The minimum absolute atomic E-state index is 0.0735. The van der Waals surface area contributed by atoms with E-state index in [0.29, 0.717) is 23.1 Å². The average molecular weight is 381 g/mol. The number of hydrogen-bond donors (Lipinski definition) is 0. The standard InChI is InChI=1S/C21H19NO4S/c1-14-10-11-22(17-4-2-3-5-19(17)27-14)20(23)13-25-16-8-6-15-7-9-21(24)26-18(15)12-16/h2-9,12,14H,10-11,13H2,1H3/t14-/m0/s1. The first-order valence-corrected chi connectivity index (χ1v) is 9.71. The van der Waals surface area contributed by atoms with Crippen LogP contribution in [0.5, 0.6) is 5.75 Å². The van der Waals surface area contributed by atoms with Gasteiger partial charge in [-0.05, 0) is 36.8 Å². The Labute approximate surface area is 160 Å². The van der Waals surface area contributed by atoms with Gasteiger partial charge in [0.2, 0.25) is 0 Å². The Balaban J connectivity index is 1.52. The Morgan fingerprint density at radius 1 is 1.22 bits per heavy atom. The van der Waals surface area contributed by atoms with Crippen molar-refractivity contribution in [3.63, 3.8) is 0 Å². The van der Waals surface area contributed by atoms with Crippen molar-refractivity contribution >= 4 is 34.3 Å². The van der Waals surface area contributed by atoms with Gasteiger partial charge in [-0.1, -0.05) is 19.1 Å². The highest BCUT2D eigenvalue weighted by atomic mass is 32.2. The number of benzene rings is 2. The number of hydrogen-bond acceptors (Lipinski definition) is 5. The summed E-state index contributed by atoms with van der Waals surface area (Å²) in [6.07, 6.45) is 0.923. The van der Waals surface area contributed by atoms with E-state index in [1.54, 1.807) is 40.9 Å². The molecule has 0 bridgehead atoms. The number of carbonyl (C=O) groups excluding carboxylic acids is 1. The van der Waals surface area contributed by atoms with Crippen LogP contribution in [-0.4, -0.2) is 24.3 Å². The number of amides is 1. The van der Waals surface area contributed by atoms with E-state index in [1.165, 1.54) is 6.07 Å². The molecule has 2 heterocycles. The second-order valence-electron chi connectivity index (χ2n) is 6.47. The molecule has 6 heteroatoms. The normalized spacial score (nSPS) is 16.6. The Bertz CT molecular complexity index is 1050. The molecule has 5 nitrogen and oxygen atoms in total. The van der Waals surface area contributed by atoms with Gasteiger partial charge in [-0.15, -0.1) is 11.8 Å². The third-order valence-corrected chi connectivity index (χ3v) is 5.74. The zero-order valence-electron chi connectivity index (χ0n) is 14.9. The molecule has 0 spiro atoms. The summed E-state index contributed by atoms with van der Waals surface area (Å²) < 4.78 is 10.9. The van der Waals surface area contributed by atoms with E-state index in [0.717, 1.165) is 22.4 Å². The molecule has 4 rings (SSSR count). The average Bonchev–Trinajstić information content (AvgIpc) is 2.84. The second kappa shape index (κ2) is 7.48. The highest BCUT2D eigenvalue weighted by Gasteiger charge is 2.24. The molecule has 0 saturated carbocycles. The van der Waals surface area contributed by atoms with Gasteiger partial charge < -0.3 is 14.1 Å². The van der Waals surface area contributed by atoms with Crippen LogP contribution in [0.4, 0.5) is 5.69 Å². The summed E-state index contributed by atoms with van der Waals surface area (Å²) in [5, 5.41) is 1.26. The van der Waals surface area contributed by atoms with Crippen LogP contribution in [0, 0.1) is 0 Å². The summed E-state index contributed by atoms with van der Waals surface area (Å²) >= 11 is 1.79. The highest BCUT2D eigenvalue weighted by molar-refractivity contribution is 8.00. The van der Waals surface area contributed by atoms with Gasteiger partial charge in [0, 0.05) is 34.2 Å². The van der Waals surface area contributed by atoms with E-state index >= 15 is 0 Å². The first-order valence-electron chi connectivity index (χ1n) is 8.83. The Morgan fingerprint density at radius 2 is 2.04 bits per heavy atom. The summed E-state index contributed by atoms with van der Waals surface area (Å²) in [7, 11) is 0. The fraction of sp³-hybridized carbons (Fsp3) is 0.238. The molecule has 1 atom stereocenters. The van der Waals surface area contributed by atoms with Crippen LogP contribution in [0.2, 0.25) is 0 Å². The van der Waals surface area contributed by atoms with E-state index in [4.69, 9.17) is 9.15 Å². The summed E-state index contributed by atoms with van der Waals surface area (Å²) in [5.74, 6) is 0.405. The maximum Gasteiger partial charge on any atom is 0.336 e. The first-order chi connectivity index (χ1) is 13.1. The van der Waals surface area contributed by atoms with E-state index in [-0.39, 0.29) is 12.5 Å². The van der Waals surface area contributed by atoms with Gasteiger partial charge in [-0.3, -0.25) is 4.79 Å². The van der Waals surface area contributed by atoms with Crippen LogP contribution in [-0.2, 0) is 4.79 Å². The smallest absolute Gasteiger partial charge is 0.336 e. The van der Waals surface area contributed by atoms with Crippen LogP contribution in [0.25, 0.3) is 11.0 Å². The lowest BCUT2D eigenvalue weighted by Gasteiger charge is -2.22. The number of rotatable bonds is 3. The topological polar surface area (TPSA) is 59.8 Å². The first kappa shape index (κ1) is 17.7. The predicted molar refractivity (Wildman–Crippen MR) is 107 cm³/mol. The largest absolute Gasteiger partial charge is 0.484 e. The number of ether oxygens (including phenoxy) is 1. The molecule has 27 heavy (non-hydrogen) atoms. The molecule has 0 radical (unpaired) electrons. The fourth-order valence-corrected chi connectivity index (χ4v) is 4.21. The molecular formula is C21H19NO4S. The second-order valence-corrected chi connectivity index (χ2v) is 7.95. The van der Waals surface area contributed by atoms with E-state index in [2.05, 4.69) is 6.92 Å². The monoisotopic (exact) mass is 381 g/mol. The minimum atomic E-state index is -0.413. The molecule has 0 unspecified atom stereocenters. The summed E-state index contributed by atoms with van der Waals surface area (Å²) in [6.45, 7) is 2.77. The van der Waals surface area contributed by atoms with Crippen molar-refractivity contribution in [3.8, 4) is 5.75 Å². The summed E-state index contributed by atoms with van der Waals surface area (Å²) in [6, 6.07) is 16.2. The van der Waals surface area contributed by atoms with Crippen molar-refractivity contribution in [1.29, 1.82) is 0 Å². The fourth-order valence-electron chi connectivity index (χ4n) is 3.10. The van der Waals surface area contributed by atoms with Gasteiger partial charge in [0.1, 0.15) is 11.3 Å². The van der Waals surface area contributed by atoms with Crippen molar-refractivity contribution < 1.29 is 13.9 Å². The molecule has 0 saturated heterocycles. The number of thioether (sulfide) groups is 1. The van der Waals surface area contributed by atoms with Crippen LogP contribution in [0.15, 0.2) is 68.7 Å². The number of anilines is 1. The summed E-state index contributed by atoms with van der Waals surface area (Å²) in [5.41, 5.74) is 0.964. The van der Waals surface area contributed by atoms with Crippen LogP contribution < -0.4 is 15.3 Å². The number of para-hydroxylation sites is 1. The highest BCUT2D eigenvalue weighted by Crippen LogP contribution is 2.37. The third kappa shape index (κ3) is 3.85. The van der Waals surface area contributed by atoms with E-state index in [9.17, 15) is 9.59 Å². The van der Waals surface area contributed by atoms with Crippen molar-refractivity contribution in [2.45, 2.75) is 23.5 Å². The predicted octanol–water partition coefficient (Wildman–Crippen LogP) is 4.09. The molecule has 0 aliphatic carbocycles. The van der Waals surface area contributed by atoms with Crippen molar-refractivity contribution in [2.75, 3.05) is 18.1 Å². The molecule has 1 aromatic heterocycles. The number of fused-ring (bicyclic) bond motifs is 2. The van der Waals surface area contributed by atoms with Crippen LogP contribution >= 0.6 is 11.8 Å². The maximum atomic E-state index is 12.8. The maximum absolute atomic E-state index is 12.8. The van der Waals surface area contributed by atoms with Gasteiger partial charge >= 0.3 is 5.63 Å². The molecule has 138 valence electrons. The van der Waals surface area contributed by atoms with Crippen molar-refractivity contribution in [1.82, 2.24) is 0 Å². The van der Waals surface area contributed by atoms with Gasteiger partial charge in [-0.2, -0.15) is 0 Å². The minimum Gasteiger partial charge on any atom is -0.484 e. The van der Waals surface area contributed by atoms with Gasteiger partial charge in [0.05, 0.1) is 5.69 Å². The molecule has 1 amide bonds. The number of nitrogens with zero attached hydrogens (tertiary/aromatic N) is 1. The van der Waals surface area contributed by atoms with E-state index in [1.807, 2.05) is 24.3 Å². The summed E-state index contributed by atoms with van der Waals surface area (Å²) in [4.78, 5) is 27.1. The Kier molecular flexibility index (Phi) is 4.90. The van der Waals surface area contributed by atoms with Crippen molar-refractivity contribution in [3.05, 3.63) is 65.0 Å². The molecule has 2 aromatic carbocycles. The van der Waals surface area contributed by atoms with Gasteiger partial charge in [0.25, 0.3) is 5.91 Å². The van der Waals surface area contributed by atoms with E-state index < -0.39 is 5.63 Å². The van der Waals surface area contributed by atoms with Gasteiger partial charge in [0.15, 0.2) is 6.61 Å². The molecule has 0 N–H and O–H groups in total. The molecular weight excluding hydrogens is 362 g/mol. The molecule has 0 fully saturated rings. The van der Waals surface area contributed by atoms with Crippen LogP contribution in [0.3, 0.4) is 0 Å². The Hall–Kier alpha value is -2.73. The Morgan fingerprint density at radius 3 is 2.93 bits per heavy atom. The number of carbonyl (C=O) groups is 1. The SMILES string of the molecule is C[C@H]1CCN(C(=O)COc2ccc3ccc(=O)oc3c2)c2ccccc2S1. The lowest BCUT2D eigenvalue weighted by atomic mass is 10.2. The van der Waals surface area contributed by atoms with Crippen LogP contribution in [0.1, 0.15) is 13.3 Å². The zero-order chi connectivity index (χ0) is 18.8. The zero-order valence-corrected chi connectivity index (χ0v) is 15.7. The van der Waals surface area contributed by atoms with Gasteiger partial charge in [-0.25, -0.2) is 4.79 Å². The third-order valence-electron chi connectivity index (χ3n) is 4.50. The molecule has 1 aliphatic heterocycles. The molecule has 1 aliphatic rings. The quantitative estimate of drug-likeness (QED) is 0.640. The van der Waals surface area contributed by atoms with Crippen molar-refractivity contribution in [2.24, 2.45) is 0 Å². The lowest BCUT2D eigenvalue weighted by Crippen LogP contribution is -2.36. The lowest BCUT2D eigenvalue weighted by molar-refractivity contribution is -0.120. The molecule has 3 aromatic rings.